The normalized spacial score (nSPS) is 17.2. The second kappa shape index (κ2) is 9.74. The number of nitrogens with one attached hydrogen (secondary N) is 2. The lowest BCUT2D eigenvalue weighted by atomic mass is 9.85. The van der Waals surface area contributed by atoms with Gasteiger partial charge in [-0.3, -0.25) is 14.4 Å². The lowest BCUT2D eigenvalue weighted by molar-refractivity contribution is -0.137. The fourth-order valence-electron chi connectivity index (χ4n) is 2.68. The van der Waals surface area contributed by atoms with Gasteiger partial charge in [0.25, 0.3) is 0 Å². The van der Waals surface area contributed by atoms with Crippen molar-refractivity contribution in [2.45, 2.75) is 78.8 Å². The van der Waals surface area contributed by atoms with E-state index in [1.165, 1.54) is 0 Å². The molecule has 0 heterocycles. The first-order valence-electron chi connectivity index (χ1n) is 9.50. The topological polar surface area (TPSA) is 95.5 Å². The molecule has 1 fully saturated rings. The summed E-state index contributed by atoms with van der Waals surface area (Å²) in [6, 6.07) is -0.357. The molecule has 0 bridgehead atoms. The van der Waals surface area contributed by atoms with E-state index in [2.05, 4.69) is 10.6 Å². The first-order valence-corrected chi connectivity index (χ1v) is 9.50. The van der Waals surface area contributed by atoms with Crippen LogP contribution >= 0.6 is 0 Å². The predicted octanol–water partition coefficient (Wildman–Crippen LogP) is 2.88. The van der Waals surface area contributed by atoms with Crippen LogP contribution in [0.25, 0.3) is 0 Å². The van der Waals surface area contributed by atoms with E-state index >= 15 is 0 Å². The Kier molecular flexibility index (Phi) is 8.31. The summed E-state index contributed by atoms with van der Waals surface area (Å²) in [7, 11) is 0. The largest absolute Gasteiger partial charge is 0.481 e. The Labute approximate surface area is 156 Å². The predicted molar refractivity (Wildman–Crippen MR) is 102 cm³/mol. The summed E-state index contributed by atoms with van der Waals surface area (Å²) >= 11 is 0. The van der Waals surface area contributed by atoms with E-state index in [1.54, 1.807) is 12.2 Å². The number of carbonyl (C=O) groups excluding carboxylic acids is 2. The van der Waals surface area contributed by atoms with Crippen molar-refractivity contribution in [1.29, 1.82) is 0 Å². The van der Waals surface area contributed by atoms with Gasteiger partial charge in [-0.2, -0.15) is 0 Å². The number of allylic oxidation sites excluding steroid dienone is 1. The monoisotopic (exact) mass is 366 g/mol. The summed E-state index contributed by atoms with van der Waals surface area (Å²) in [4.78, 5) is 36.0. The molecule has 0 spiro atoms. The smallest absolute Gasteiger partial charge is 0.303 e. The van der Waals surface area contributed by atoms with Crippen LogP contribution in [0.4, 0.5) is 0 Å². The van der Waals surface area contributed by atoms with E-state index in [0.717, 1.165) is 12.8 Å². The third kappa shape index (κ3) is 8.50. The maximum Gasteiger partial charge on any atom is 0.303 e. The zero-order valence-electron chi connectivity index (χ0n) is 16.7. The summed E-state index contributed by atoms with van der Waals surface area (Å²) < 4.78 is 0. The molecule has 2 amide bonds. The maximum absolute atomic E-state index is 12.8. The van der Waals surface area contributed by atoms with Gasteiger partial charge < -0.3 is 15.7 Å². The van der Waals surface area contributed by atoms with Crippen LogP contribution in [0.15, 0.2) is 12.2 Å². The Morgan fingerprint density at radius 2 is 1.77 bits per heavy atom. The third-order valence-corrected chi connectivity index (χ3v) is 4.29. The van der Waals surface area contributed by atoms with Crippen LogP contribution in [0, 0.1) is 17.3 Å². The Hall–Kier alpha value is -1.85. The van der Waals surface area contributed by atoms with Gasteiger partial charge in [-0.1, -0.05) is 46.8 Å². The number of rotatable bonds is 10. The van der Waals surface area contributed by atoms with Gasteiger partial charge in [0, 0.05) is 12.5 Å². The second-order valence-electron chi connectivity index (χ2n) is 8.69. The van der Waals surface area contributed by atoms with Crippen molar-refractivity contribution in [3.05, 3.63) is 12.2 Å². The first-order chi connectivity index (χ1) is 12.0. The van der Waals surface area contributed by atoms with Crippen LogP contribution in [0.2, 0.25) is 0 Å². The first kappa shape index (κ1) is 22.2. The third-order valence-electron chi connectivity index (χ3n) is 4.29. The number of aliphatic carboxylic acids is 1. The van der Waals surface area contributed by atoms with E-state index in [9.17, 15) is 14.4 Å². The van der Waals surface area contributed by atoms with Crippen LogP contribution in [0.3, 0.4) is 0 Å². The summed E-state index contributed by atoms with van der Waals surface area (Å²) in [6.45, 7) is 9.87. The molecular formula is C20H34N2O4. The molecule has 2 unspecified atom stereocenters. The Morgan fingerprint density at radius 3 is 2.23 bits per heavy atom. The lowest BCUT2D eigenvalue weighted by Gasteiger charge is -2.31. The molecule has 1 saturated carbocycles. The Bertz CT molecular complexity index is 530. The molecule has 0 aliphatic heterocycles. The molecule has 0 aromatic rings. The number of amides is 2. The molecule has 0 saturated heterocycles. The molecule has 1 aliphatic rings. The van der Waals surface area contributed by atoms with Crippen molar-refractivity contribution >= 4 is 17.8 Å². The van der Waals surface area contributed by atoms with Crippen LogP contribution in [-0.2, 0) is 14.4 Å². The highest BCUT2D eigenvalue weighted by molar-refractivity contribution is 5.90. The number of hydrogen-bond donors (Lipinski definition) is 3. The van der Waals surface area contributed by atoms with Crippen LogP contribution in [0.5, 0.6) is 0 Å². The molecule has 1 rings (SSSR count). The molecule has 0 radical (unpaired) electrons. The quantitative estimate of drug-likeness (QED) is 0.518. The van der Waals surface area contributed by atoms with Crippen molar-refractivity contribution < 1.29 is 19.5 Å². The van der Waals surface area contributed by atoms with E-state index in [1.807, 2.05) is 34.6 Å². The number of carbonyl (C=O) groups is 3. The number of hydrogen-bond acceptors (Lipinski definition) is 3. The molecule has 26 heavy (non-hydrogen) atoms. The van der Waals surface area contributed by atoms with Crippen LogP contribution in [-0.4, -0.2) is 35.0 Å². The SMILES string of the molecule is CC(C)CC(C=CCCC(=O)O)C(=O)NC(C(=O)NC1CC1)C(C)(C)C. The van der Waals surface area contributed by atoms with Crippen molar-refractivity contribution in [3.63, 3.8) is 0 Å². The second-order valence-corrected chi connectivity index (χ2v) is 8.69. The summed E-state index contributed by atoms with van der Waals surface area (Å²) in [5.74, 6) is -1.24. The number of carboxylic acids is 1. The zero-order chi connectivity index (χ0) is 19.9. The van der Waals surface area contributed by atoms with Gasteiger partial charge in [0.05, 0.1) is 5.92 Å². The van der Waals surface area contributed by atoms with Gasteiger partial charge in [-0.25, -0.2) is 0 Å². The van der Waals surface area contributed by atoms with E-state index in [0.29, 0.717) is 18.8 Å². The van der Waals surface area contributed by atoms with Crippen LogP contribution < -0.4 is 10.6 Å². The van der Waals surface area contributed by atoms with Crippen molar-refractivity contribution in [3.8, 4) is 0 Å². The minimum Gasteiger partial charge on any atom is -0.481 e. The van der Waals surface area contributed by atoms with Gasteiger partial charge >= 0.3 is 5.97 Å². The zero-order valence-corrected chi connectivity index (χ0v) is 16.7. The summed E-state index contributed by atoms with van der Waals surface area (Å²) in [6.07, 6.45) is 6.60. The highest BCUT2D eigenvalue weighted by atomic mass is 16.4. The molecular weight excluding hydrogens is 332 g/mol. The summed E-state index contributed by atoms with van der Waals surface area (Å²) in [5, 5.41) is 14.6. The van der Waals surface area contributed by atoms with E-state index < -0.39 is 17.4 Å². The average molecular weight is 367 g/mol. The fourth-order valence-corrected chi connectivity index (χ4v) is 2.68. The Morgan fingerprint density at radius 1 is 1.15 bits per heavy atom. The number of carboxylic acid groups (broad SMARTS) is 1. The van der Waals surface area contributed by atoms with Crippen molar-refractivity contribution in [1.82, 2.24) is 10.6 Å². The lowest BCUT2D eigenvalue weighted by Crippen LogP contribution is -2.55. The van der Waals surface area contributed by atoms with Crippen molar-refractivity contribution in [2.75, 3.05) is 0 Å². The molecule has 0 aromatic heterocycles. The highest BCUT2D eigenvalue weighted by Crippen LogP contribution is 2.24. The van der Waals surface area contributed by atoms with E-state index in [4.69, 9.17) is 5.11 Å². The molecule has 148 valence electrons. The van der Waals surface area contributed by atoms with Gasteiger partial charge in [0.15, 0.2) is 0 Å². The molecule has 0 aromatic carbocycles. The standard InChI is InChI=1S/C20H34N2O4/c1-13(2)12-14(8-6-7-9-16(23)24)18(25)22-17(20(3,4)5)19(26)21-15-10-11-15/h6,8,13-15,17H,7,9-12H2,1-5H3,(H,21,26)(H,22,25)(H,23,24). The minimum atomic E-state index is -0.857. The fraction of sp³-hybridized carbons (Fsp3) is 0.750. The minimum absolute atomic E-state index is 0.0426. The molecule has 3 N–H and O–H groups in total. The molecule has 6 nitrogen and oxygen atoms in total. The maximum atomic E-state index is 12.8. The van der Waals surface area contributed by atoms with Gasteiger partial charge in [0.1, 0.15) is 6.04 Å². The van der Waals surface area contributed by atoms with E-state index in [-0.39, 0.29) is 30.2 Å². The van der Waals surface area contributed by atoms with Gasteiger partial charge in [-0.15, -0.1) is 0 Å². The Balaban J connectivity index is 2.78. The van der Waals surface area contributed by atoms with Crippen molar-refractivity contribution in [2.24, 2.45) is 17.3 Å². The van der Waals surface area contributed by atoms with Gasteiger partial charge in [0.2, 0.25) is 11.8 Å². The molecule has 2 atom stereocenters. The molecule has 6 heteroatoms. The van der Waals surface area contributed by atoms with Crippen LogP contribution in [0.1, 0.15) is 66.7 Å². The average Bonchev–Trinajstić information content (AvgIpc) is 3.29. The summed E-state index contributed by atoms with van der Waals surface area (Å²) in [5.41, 5.74) is -0.399. The van der Waals surface area contributed by atoms with Gasteiger partial charge in [-0.05, 0) is 37.0 Å². The molecule has 1 aliphatic carbocycles. The highest BCUT2D eigenvalue weighted by Gasteiger charge is 2.36.